The topological polar surface area (TPSA) is 38.1 Å². The molecule has 0 aliphatic carbocycles. The van der Waals surface area contributed by atoms with Gasteiger partial charge in [-0.3, -0.25) is 4.98 Å². The molecule has 3 nitrogen and oxygen atoms in total. The lowest BCUT2D eigenvalue weighted by Crippen LogP contribution is -3.00. The number of rotatable bonds is 5. The molecule has 1 aromatic carbocycles. The van der Waals surface area contributed by atoms with Crippen LogP contribution in [0.25, 0.3) is 11.3 Å². The van der Waals surface area contributed by atoms with E-state index in [9.17, 15) is 0 Å². The van der Waals surface area contributed by atoms with Gasteiger partial charge in [0.15, 0.2) is 0 Å². The fourth-order valence-electron chi connectivity index (χ4n) is 2.07. The minimum atomic E-state index is 0. The van der Waals surface area contributed by atoms with Crippen molar-refractivity contribution in [2.45, 2.75) is 13.1 Å². The van der Waals surface area contributed by atoms with E-state index in [4.69, 9.17) is 16.0 Å². The van der Waals surface area contributed by atoms with Crippen LogP contribution in [-0.4, -0.2) is 4.98 Å². The Morgan fingerprint density at radius 1 is 1.00 bits per heavy atom. The van der Waals surface area contributed by atoms with E-state index in [1.807, 2.05) is 54.7 Å². The van der Waals surface area contributed by atoms with Crippen LogP contribution in [0.1, 0.15) is 11.3 Å². The van der Waals surface area contributed by atoms with Gasteiger partial charge in [-0.1, -0.05) is 17.7 Å². The third-order valence-corrected chi connectivity index (χ3v) is 3.39. The average molecular weight is 334 g/mol. The maximum Gasteiger partial charge on any atom is 0.134 e. The summed E-state index contributed by atoms with van der Waals surface area (Å²) in [6.07, 6.45) is 3.63. The molecule has 1 N–H and O–H groups in total. The van der Waals surface area contributed by atoms with Gasteiger partial charge in [0, 0.05) is 29.5 Å². The Hall–Kier alpha value is -1.81. The molecule has 2 heterocycles. The lowest BCUT2D eigenvalue weighted by Gasteiger charge is -2.02. The van der Waals surface area contributed by atoms with Gasteiger partial charge in [-0.15, -0.1) is 0 Å². The lowest BCUT2D eigenvalue weighted by atomic mass is 10.2. The van der Waals surface area contributed by atoms with Gasteiger partial charge in [0.25, 0.3) is 0 Å². The molecule has 0 aliphatic heterocycles. The van der Waals surface area contributed by atoms with Crippen LogP contribution in [-0.2, 0) is 13.1 Å². The predicted octanol–water partition coefficient (Wildman–Crippen LogP) is 1.29. The third kappa shape index (κ3) is 4.34. The summed E-state index contributed by atoms with van der Waals surface area (Å²) < 4.78 is 5.83. The highest BCUT2D eigenvalue weighted by atomic mass is 35.5. The van der Waals surface area contributed by atoms with Crippen molar-refractivity contribution in [3.05, 3.63) is 77.3 Å². The Bertz CT molecular complexity index is 696. The van der Waals surface area contributed by atoms with Crippen molar-refractivity contribution in [2.24, 2.45) is 0 Å². The van der Waals surface area contributed by atoms with Crippen LogP contribution in [0, 0.1) is 0 Å². The van der Waals surface area contributed by atoms with E-state index >= 15 is 0 Å². The van der Waals surface area contributed by atoms with Crippen molar-refractivity contribution in [2.75, 3.05) is 0 Å². The van der Waals surface area contributed by atoms with Gasteiger partial charge in [0.1, 0.15) is 11.5 Å². The smallest absolute Gasteiger partial charge is 0.134 e. The second kappa shape index (κ2) is 7.99. The van der Waals surface area contributed by atoms with Crippen molar-refractivity contribution < 1.29 is 16.8 Å². The van der Waals surface area contributed by atoms with Crippen LogP contribution >= 0.6 is 11.6 Å². The first-order chi connectivity index (χ1) is 10.3. The molecule has 0 aliphatic rings. The molecule has 114 valence electrons. The van der Waals surface area contributed by atoms with Gasteiger partial charge in [0.05, 0.1) is 6.54 Å². The van der Waals surface area contributed by atoms with Crippen molar-refractivity contribution in [3.63, 3.8) is 0 Å². The lowest BCUT2D eigenvalue weighted by molar-refractivity contribution is -0.00000475. The minimum Gasteiger partial charge on any atom is -1.00 e. The zero-order chi connectivity index (χ0) is 14.5. The number of aromatic nitrogens is 1. The number of pyridine rings is 1. The van der Waals surface area contributed by atoms with E-state index in [2.05, 4.69) is 10.3 Å². The molecule has 0 bridgehead atoms. The molecular formula is C17H15Cl2N2O-. The average Bonchev–Trinajstić information content (AvgIpc) is 2.98. The molecule has 5 heteroatoms. The highest BCUT2D eigenvalue weighted by molar-refractivity contribution is 6.30. The summed E-state index contributed by atoms with van der Waals surface area (Å²) in [5.74, 6) is 1.76. The highest BCUT2D eigenvalue weighted by Crippen LogP contribution is 2.23. The number of nitrogens with zero attached hydrogens (tertiary/aromatic N) is 1. The van der Waals surface area contributed by atoms with E-state index in [0.29, 0.717) is 6.54 Å². The van der Waals surface area contributed by atoms with E-state index in [1.165, 1.54) is 0 Å². The summed E-state index contributed by atoms with van der Waals surface area (Å²) in [5.41, 5.74) is 2.18. The number of benzene rings is 1. The zero-order valence-corrected chi connectivity index (χ0v) is 13.3. The Morgan fingerprint density at radius 2 is 1.82 bits per heavy atom. The summed E-state index contributed by atoms with van der Waals surface area (Å²) in [6.45, 7) is 1.45. The number of nitrogens with one attached hydrogen (secondary N) is 1. The Labute approximate surface area is 140 Å². The SMILES string of the molecule is Clc1ccc(-c2ccc(CNCc3cccnc3)o2)cc1.[Cl-]. The van der Waals surface area contributed by atoms with Crippen LogP contribution in [0.3, 0.4) is 0 Å². The number of furan rings is 1. The van der Waals surface area contributed by atoms with Gasteiger partial charge in [-0.25, -0.2) is 0 Å². The van der Waals surface area contributed by atoms with E-state index in [1.54, 1.807) is 6.20 Å². The van der Waals surface area contributed by atoms with E-state index in [-0.39, 0.29) is 12.4 Å². The molecule has 3 aromatic rings. The predicted molar refractivity (Wildman–Crippen MR) is 83.9 cm³/mol. The van der Waals surface area contributed by atoms with Gasteiger partial charge in [-0.05, 0) is 48.0 Å². The Balaban J connectivity index is 0.00000176. The van der Waals surface area contributed by atoms with Crippen molar-refractivity contribution >= 4 is 11.6 Å². The number of hydrogen-bond acceptors (Lipinski definition) is 3. The molecule has 0 amide bonds. The van der Waals surface area contributed by atoms with Crippen molar-refractivity contribution in [1.29, 1.82) is 0 Å². The third-order valence-electron chi connectivity index (χ3n) is 3.14. The van der Waals surface area contributed by atoms with Crippen LogP contribution in [0.4, 0.5) is 0 Å². The molecule has 2 aromatic heterocycles. The number of halogens is 2. The summed E-state index contributed by atoms with van der Waals surface area (Å²) >= 11 is 5.89. The normalized spacial score (nSPS) is 10.2. The van der Waals surface area contributed by atoms with Crippen molar-refractivity contribution in [1.82, 2.24) is 10.3 Å². The minimum absolute atomic E-state index is 0. The van der Waals surface area contributed by atoms with Crippen molar-refractivity contribution in [3.8, 4) is 11.3 Å². The fourth-order valence-corrected chi connectivity index (χ4v) is 2.20. The summed E-state index contributed by atoms with van der Waals surface area (Å²) in [7, 11) is 0. The second-order valence-corrected chi connectivity index (χ2v) is 5.17. The maximum absolute atomic E-state index is 5.89. The maximum atomic E-state index is 5.89. The van der Waals surface area contributed by atoms with Gasteiger partial charge >= 0.3 is 0 Å². The van der Waals surface area contributed by atoms with Gasteiger partial charge < -0.3 is 22.1 Å². The first-order valence-corrected chi connectivity index (χ1v) is 7.13. The Kier molecular flexibility index (Phi) is 6.01. The van der Waals surface area contributed by atoms with Crippen LogP contribution in [0.5, 0.6) is 0 Å². The standard InChI is InChI=1S/C17H15ClN2O.ClH/c18-15-5-3-14(4-6-15)17-8-7-16(21-17)12-20-11-13-2-1-9-19-10-13;/h1-10,20H,11-12H2;1H/p-1. The monoisotopic (exact) mass is 333 g/mol. The fraction of sp³-hybridized carbons (Fsp3) is 0.118. The molecule has 0 atom stereocenters. The van der Waals surface area contributed by atoms with Gasteiger partial charge in [-0.2, -0.15) is 0 Å². The zero-order valence-electron chi connectivity index (χ0n) is 11.8. The molecule has 0 saturated carbocycles. The largest absolute Gasteiger partial charge is 1.00 e. The summed E-state index contributed by atoms with van der Waals surface area (Å²) in [6, 6.07) is 15.6. The molecule has 22 heavy (non-hydrogen) atoms. The molecule has 0 unspecified atom stereocenters. The van der Waals surface area contributed by atoms with Crippen LogP contribution in [0.2, 0.25) is 5.02 Å². The van der Waals surface area contributed by atoms with Crippen LogP contribution in [0.15, 0.2) is 65.3 Å². The van der Waals surface area contributed by atoms with E-state index < -0.39 is 0 Å². The first kappa shape index (κ1) is 16.6. The van der Waals surface area contributed by atoms with Gasteiger partial charge in [0.2, 0.25) is 0 Å². The number of hydrogen-bond donors (Lipinski definition) is 1. The molecule has 0 spiro atoms. The van der Waals surface area contributed by atoms with E-state index in [0.717, 1.165) is 34.2 Å². The van der Waals surface area contributed by atoms with Crippen LogP contribution < -0.4 is 17.7 Å². The summed E-state index contributed by atoms with van der Waals surface area (Å²) in [5, 5.41) is 4.06. The molecule has 0 saturated heterocycles. The molecule has 0 fully saturated rings. The quantitative estimate of drug-likeness (QED) is 0.764. The molecular weight excluding hydrogens is 319 g/mol. The molecule has 0 radical (unpaired) electrons. The first-order valence-electron chi connectivity index (χ1n) is 6.75. The second-order valence-electron chi connectivity index (χ2n) is 4.74. The highest BCUT2D eigenvalue weighted by Gasteiger charge is 2.04. The molecule has 3 rings (SSSR count). The summed E-state index contributed by atoms with van der Waals surface area (Å²) in [4.78, 5) is 4.09. The Morgan fingerprint density at radius 3 is 2.55 bits per heavy atom.